The number of para-hydroxylation sites is 1. The minimum atomic E-state index is -0.178. The maximum absolute atomic E-state index is 11.4. The Hall–Kier alpha value is -1.82. The molecular weight excluding hydrogens is 248 g/mol. The van der Waals surface area contributed by atoms with E-state index in [2.05, 4.69) is 27.2 Å². The molecule has 0 fully saturated rings. The molecular formula is C12H16N4OS. The predicted octanol–water partition coefficient (Wildman–Crippen LogP) is 1.76. The molecule has 0 spiro atoms. The molecule has 0 saturated heterocycles. The standard InChI is InChI=1S/C12H16N4OS/c1-15(10-6-3-2-4-7-10)8-5-9-16-11(17)13-14-12(16)18/h2-4,6-7H,5,8-9H2,1H3,(H,13,17)(H,14,18). The van der Waals surface area contributed by atoms with Gasteiger partial charge in [0.05, 0.1) is 0 Å². The molecule has 0 amide bonds. The van der Waals surface area contributed by atoms with E-state index in [0.29, 0.717) is 11.3 Å². The number of aromatic amines is 2. The summed E-state index contributed by atoms with van der Waals surface area (Å²) in [4.78, 5) is 13.5. The van der Waals surface area contributed by atoms with Crippen LogP contribution in [0, 0.1) is 4.77 Å². The van der Waals surface area contributed by atoms with Crippen molar-refractivity contribution in [2.45, 2.75) is 13.0 Å². The van der Waals surface area contributed by atoms with Crippen molar-refractivity contribution in [3.8, 4) is 0 Å². The van der Waals surface area contributed by atoms with Gasteiger partial charge in [0, 0.05) is 25.8 Å². The molecule has 2 aromatic rings. The third kappa shape index (κ3) is 2.89. The monoisotopic (exact) mass is 264 g/mol. The number of nitrogens with zero attached hydrogens (tertiary/aromatic N) is 2. The minimum Gasteiger partial charge on any atom is -0.375 e. The number of anilines is 1. The van der Waals surface area contributed by atoms with Crippen molar-refractivity contribution in [1.29, 1.82) is 0 Å². The number of rotatable bonds is 5. The van der Waals surface area contributed by atoms with Crippen molar-refractivity contribution < 1.29 is 0 Å². The van der Waals surface area contributed by atoms with Crippen LogP contribution in [0.15, 0.2) is 35.1 Å². The predicted molar refractivity (Wildman–Crippen MR) is 74.6 cm³/mol. The first-order valence-corrected chi connectivity index (χ1v) is 6.23. The Kier molecular flexibility index (Phi) is 3.99. The molecule has 2 rings (SSSR count). The molecule has 0 aliphatic carbocycles. The van der Waals surface area contributed by atoms with Gasteiger partial charge in [-0.1, -0.05) is 18.2 Å². The molecule has 1 heterocycles. The zero-order chi connectivity index (χ0) is 13.0. The molecule has 18 heavy (non-hydrogen) atoms. The average Bonchev–Trinajstić information content (AvgIpc) is 2.71. The molecule has 5 nitrogen and oxygen atoms in total. The summed E-state index contributed by atoms with van der Waals surface area (Å²) in [6, 6.07) is 10.1. The third-order valence-corrected chi connectivity index (χ3v) is 3.16. The molecule has 0 saturated carbocycles. The number of benzene rings is 1. The molecule has 0 bridgehead atoms. The molecule has 0 atom stereocenters. The molecule has 1 aromatic carbocycles. The van der Waals surface area contributed by atoms with Crippen LogP contribution in [0.5, 0.6) is 0 Å². The second-order valence-electron chi connectivity index (χ2n) is 4.12. The summed E-state index contributed by atoms with van der Waals surface area (Å²) < 4.78 is 1.98. The summed E-state index contributed by atoms with van der Waals surface area (Å²) >= 11 is 5.01. The van der Waals surface area contributed by atoms with Crippen molar-refractivity contribution in [1.82, 2.24) is 14.8 Å². The third-order valence-electron chi connectivity index (χ3n) is 2.84. The van der Waals surface area contributed by atoms with E-state index in [1.54, 1.807) is 0 Å². The lowest BCUT2D eigenvalue weighted by Gasteiger charge is -2.18. The fourth-order valence-corrected chi connectivity index (χ4v) is 2.04. The zero-order valence-corrected chi connectivity index (χ0v) is 11.0. The maximum Gasteiger partial charge on any atom is 0.342 e. The van der Waals surface area contributed by atoms with Crippen LogP contribution in [0.2, 0.25) is 0 Å². The summed E-state index contributed by atoms with van der Waals surface area (Å²) in [6.45, 7) is 1.49. The van der Waals surface area contributed by atoms with Crippen molar-refractivity contribution in [3.63, 3.8) is 0 Å². The molecule has 96 valence electrons. The number of hydrogen-bond donors (Lipinski definition) is 2. The van der Waals surface area contributed by atoms with E-state index >= 15 is 0 Å². The Labute approximate surface area is 110 Å². The van der Waals surface area contributed by atoms with Crippen LogP contribution in [0.1, 0.15) is 6.42 Å². The summed E-state index contributed by atoms with van der Waals surface area (Å²) in [7, 11) is 2.04. The van der Waals surface area contributed by atoms with Gasteiger partial charge in [-0.05, 0) is 30.8 Å². The van der Waals surface area contributed by atoms with E-state index in [9.17, 15) is 4.79 Å². The van der Waals surface area contributed by atoms with E-state index < -0.39 is 0 Å². The van der Waals surface area contributed by atoms with Crippen LogP contribution in [-0.2, 0) is 6.54 Å². The molecule has 6 heteroatoms. The Morgan fingerprint density at radius 3 is 2.61 bits per heavy atom. The van der Waals surface area contributed by atoms with Crippen molar-refractivity contribution >= 4 is 17.9 Å². The van der Waals surface area contributed by atoms with Crippen LogP contribution in [0.3, 0.4) is 0 Å². The van der Waals surface area contributed by atoms with Crippen molar-refractivity contribution in [2.75, 3.05) is 18.5 Å². The lowest BCUT2D eigenvalue weighted by molar-refractivity contribution is 0.615. The first-order chi connectivity index (χ1) is 8.68. The van der Waals surface area contributed by atoms with Gasteiger partial charge in [0.25, 0.3) is 0 Å². The summed E-state index contributed by atoms with van der Waals surface area (Å²) in [5, 5.41) is 5.10. The lowest BCUT2D eigenvalue weighted by Crippen LogP contribution is -2.23. The van der Waals surface area contributed by atoms with Crippen LogP contribution in [-0.4, -0.2) is 28.4 Å². The Morgan fingerprint density at radius 2 is 2.00 bits per heavy atom. The van der Waals surface area contributed by atoms with Gasteiger partial charge in [-0.15, -0.1) is 0 Å². The van der Waals surface area contributed by atoms with E-state index in [0.717, 1.165) is 13.0 Å². The number of H-pyrrole nitrogens is 2. The van der Waals surface area contributed by atoms with E-state index in [4.69, 9.17) is 12.2 Å². The van der Waals surface area contributed by atoms with E-state index in [-0.39, 0.29) is 5.69 Å². The Balaban J connectivity index is 1.90. The Bertz CT molecular complexity index is 571. The number of aromatic nitrogens is 3. The highest BCUT2D eigenvalue weighted by Crippen LogP contribution is 2.10. The van der Waals surface area contributed by atoms with Crippen LogP contribution >= 0.6 is 12.2 Å². The quantitative estimate of drug-likeness (QED) is 0.809. The number of nitrogens with one attached hydrogen (secondary N) is 2. The SMILES string of the molecule is CN(CCCn1c(=O)[nH][nH]c1=S)c1ccccc1. The molecule has 0 aliphatic rings. The lowest BCUT2D eigenvalue weighted by atomic mass is 10.3. The maximum atomic E-state index is 11.4. The van der Waals surface area contributed by atoms with E-state index in [1.165, 1.54) is 10.3 Å². The van der Waals surface area contributed by atoms with Crippen LogP contribution in [0.4, 0.5) is 5.69 Å². The van der Waals surface area contributed by atoms with Crippen LogP contribution in [0.25, 0.3) is 0 Å². The first kappa shape index (κ1) is 12.6. The van der Waals surface area contributed by atoms with Crippen molar-refractivity contribution in [2.24, 2.45) is 0 Å². The van der Waals surface area contributed by atoms with Gasteiger partial charge in [0.2, 0.25) is 0 Å². The van der Waals surface area contributed by atoms with Crippen LogP contribution < -0.4 is 10.6 Å². The second kappa shape index (κ2) is 5.68. The molecule has 0 unspecified atom stereocenters. The van der Waals surface area contributed by atoms with Gasteiger partial charge < -0.3 is 4.90 Å². The second-order valence-corrected chi connectivity index (χ2v) is 4.51. The zero-order valence-electron chi connectivity index (χ0n) is 10.2. The smallest absolute Gasteiger partial charge is 0.342 e. The summed E-state index contributed by atoms with van der Waals surface area (Å²) in [6.07, 6.45) is 0.862. The Morgan fingerprint density at radius 1 is 1.28 bits per heavy atom. The summed E-state index contributed by atoms with van der Waals surface area (Å²) in [5.41, 5.74) is 0.992. The fraction of sp³-hybridized carbons (Fsp3) is 0.333. The highest BCUT2D eigenvalue weighted by molar-refractivity contribution is 7.71. The molecule has 0 radical (unpaired) electrons. The largest absolute Gasteiger partial charge is 0.375 e. The van der Waals surface area contributed by atoms with Gasteiger partial charge in [0.1, 0.15) is 0 Å². The average molecular weight is 264 g/mol. The normalized spacial score (nSPS) is 10.5. The molecule has 2 N–H and O–H groups in total. The molecule has 1 aromatic heterocycles. The highest BCUT2D eigenvalue weighted by atomic mass is 32.1. The number of hydrogen-bond acceptors (Lipinski definition) is 3. The summed E-state index contributed by atoms with van der Waals surface area (Å²) in [5.74, 6) is 0. The van der Waals surface area contributed by atoms with Gasteiger partial charge in [-0.2, -0.15) is 0 Å². The van der Waals surface area contributed by atoms with E-state index in [1.807, 2.05) is 25.2 Å². The van der Waals surface area contributed by atoms with Gasteiger partial charge in [-0.3, -0.25) is 9.67 Å². The van der Waals surface area contributed by atoms with Gasteiger partial charge >= 0.3 is 5.69 Å². The van der Waals surface area contributed by atoms with Gasteiger partial charge in [0.15, 0.2) is 4.77 Å². The van der Waals surface area contributed by atoms with Crippen molar-refractivity contribution in [3.05, 3.63) is 45.6 Å². The first-order valence-electron chi connectivity index (χ1n) is 5.82. The fourth-order valence-electron chi connectivity index (χ4n) is 1.81. The highest BCUT2D eigenvalue weighted by Gasteiger charge is 2.02. The van der Waals surface area contributed by atoms with Gasteiger partial charge in [-0.25, -0.2) is 9.89 Å². The topological polar surface area (TPSA) is 56.8 Å². The molecule has 0 aliphatic heterocycles. The minimum absolute atomic E-state index is 0.178.